The molecule has 158 valence electrons. The van der Waals surface area contributed by atoms with Crippen LogP contribution in [-0.2, 0) is 27.1 Å². The van der Waals surface area contributed by atoms with Gasteiger partial charge in [-0.3, -0.25) is 9.20 Å². The van der Waals surface area contributed by atoms with Crippen LogP contribution in [0.5, 0.6) is 0 Å². The van der Waals surface area contributed by atoms with Gasteiger partial charge in [-0.1, -0.05) is 25.5 Å². The molecule has 0 spiro atoms. The molecular weight excluding hydrogens is 394 g/mol. The van der Waals surface area contributed by atoms with Gasteiger partial charge in [0.05, 0.1) is 4.90 Å². The molecule has 0 aliphatic heterocycles. The highest BCUT2D eigenvalue weighted by Gasteiger charge is 2.26. The van der Waals surface area contributed by atoms with Gasteiger partial charge < -0.3 is 10.6 Å². The van der Waals surface area contributed by atoms with Crippen molar-refractivity contribution in [3.8, 4) is 0 Å². The molecule has 8 heteroatoms. The fourth-order valence-electron chi connectivity index (χ4n) is 3.46. The predicted molar refractivity (Wildman–Crippen MR) is 117 cm³/mol. The highest BCUT2D eigenvalue weighted by molar-refractivity contribution is 7.90. The lowest BCUT2D eigenvalue weighted by Gasteiger charge is -2.30. The quantitative estimate of drug-likeness (QED) is 0.491. The third kappa shape index (κ3) is 7.20. The highest BCUT2D eigenvalue weighted by Crippen LogP contribution is 2.23. The van der Waals surface area contributed by atoms with E-state index in [4.69, 9.17) is 0 Å². The molecular formula is C20H33N3O3S2. The van der Waals surface area contributed by atoms with Gasteiger partial charge in [-0.2, -0.15) is 0 Å². The van der Waals surface area contributed by atoms with Crippen LogP contribution in [0.2, 0.25) is 0 Å². The van der Waals surface area contributed by atoms with Gasteiger partial charge in [0.15, 0.2) is 15.8 Å². The van der Waals surface area contributed by atoms with E-state index in [9.17, 15) is 12.6 Å². The van der Waals surface area contributed by atoms with Crippen LogP contribution >= 0.6 is 0 Å². The summed E-state index contributed by atoms with van der Waals surface area (Å²) in [4.78, 5) is 5.00. The first-order valence-electron chi connectivity index (χ1n) is 10.0. The Labute approximate surface area is 172 Å². The zero-order valence-electron chi connectivity index (χ0n) is 17.1. The smallest absolute Gasteiger partial charge is 0.191 e. The summed E-state index contributed by atoms with van der Waals surface area (Å²) in [6, 6.07) is 7.29. The second-order valence-electron chi connectivity index (χ2n) is 7.23. The first kappa shape index (κ1) is 22.9. The van der Waals surface area contributed by atoms with Gasteiger partial charge in [-0.05, 0) is 50.3 Å². The molecule has 0 saturated heterocycles. The highest BCUT2D eigenvalue weighted by atomic mass is 32.2. The molecule has 2 rings (SSSR count). The second-order valence-corrected chi connectivity index (χ2v) is 11.2. The lowest BCUT2D eigenvalue weighted by atomic mass is 9.95. The molecule has 1 fully saturated rings. The van der Waals surface area contributed by atoms with Crippen molar-refractivity contribution in [1.82, 2.24) is 10.6 Å². The van der Waals surface area contributed by atoms with E-state index in [0.29, 0.717) is 17.5 Å². The Bertz CT molecular complexity index is 776. The van der Waals surface area contributed by atoms with Gasteiger partial charge in [0.25, 0.3) is 0 Å². The molecule has 0 bridgehead atoms. The lowest BCUT2D eigenvalue weighted by Crippen LogP contribution is -2.46. The summed E-state index contributed by atoms with van der Waals surface area (Å²) in [6.45, 7) is 5.43. The third-order valence-electron chi connectivity index (χ3n) is 4.99. The van der Waals surface area contributed by atoms with E-state index in [1.807, 2.05) is 26.0 Å². The molecule has 1 aromatic rings. The Morgan fingerprint density at radius 3 is 2.54 bits per heavy atom. The van der Waals surface area contributed by atoms with Gasteiger partial charge in [0.1, 0.15) is 0 Å². The second kappa shape index (κ2) is 11.0. The summed E-state index contributed by atoms with van der Waals surface area (Å²) in [7, 11) is -3.89. The third-order valence-corrected chi connectivity index (χ3v) is 7.86. The molecule has 0 radical (unpaired) electrons. The van der Waals surface area contributed by atoms with Crippen LogP contribution < -0.4 is 10.6 Å². The van der Waals surface area contributed by atoms with Crippen molar-refractivity contribution < 1.29 is 12.6 Å². The first-order valence-corrected chi connectivity index (χ1v) is 13.3. The number of guanidine groups is 1. The number of nitrogens with zero attached hydrogens (tertiary/aromatic N) is 1. The van der Waals surface area contributed by atoms with E-state index in [1.54, 1.807) is 12.1 Å². The number of hydrogen-bond acceptors (Lipinski definition) is 4. The molecule has 3 unspecified atom stereocenters. The monoisotopic (exact) mass is 427 g/mol. The minimum atomic E-state index is -3.16. The summed E-state index contributed by atoms with van der Waals surface area (Å²) in [5.41, 5.74) is 1.06. The summed E-state index contributed by atoms with van der Waals surface area (Å²) in [5, 5.41) is 7.08. The summed E-state index contributed by atoms with van der Waals surface area (Å²) in [6.07, 6.45) is 6.11. The van der Waals surface area contributed by atoms with Crippen LogP contribution in [0.1, 0.15) is 45.1 Å². The van der Waals surface area contributed by atoms with Gasteiger partial charge in [0.2, 0.25) is 0 Å². The maximum Gasteiger partial charge on any atom is 0.191 e. The van der Waals surface area contributed by atoms with Crippen molar-refractivity contribution in [2.45, 2.75) is 62.1 Å². The van der Waals surface area contributed by atoms with E-state index in [2.05, 4.69) is 15.6 Å². The SMILES string of the molecule is CCNC(=NCCc1ccc(S(C)(=O)=O)cc1)NC1CCCC(S(=O)CC)C1. The molecule has 1 aliphatic carbocycles. The minimum Gasteiger partial charge on any atom is -0.357 e. The van der Waals surface area contributed by atoms with Crippen LogP contribution in [0.4, 0.5) is 0 Å². The first-order chi connectivity index (χ1) is 13.3. The molecule has 0 aromatic heterocycles. The number of nitrogens with one attached hydrogen (secondary N) is 2. The summed E-state index contributed by atoms with van der Waals surface area (Å²) < 4.78 is 35.2. The molecule has 28 heavy (non-hydrogen) atoms. The van der Waals surface area contributed by atoms with Crippen molar-refractivity contribution in [3.05, 3.63) is 29.8 Å². The van der Waals surface area contributed by atoms with E-state index in [-0.39, 0.29) is 5.25 Å². The Kier molecular flexibility index (Phi) is 8.95. The maximum atomic E-state index is 12.1. The van der Waals surface area contributed by atoms with Gasteiger partial charge >= 0.3 is 0 Å². The van der Waals surface area contributed by atoms with E-state index >= 15 is 0 Å². The van der Waals surface area contributed by atoms with Crippen LogP contribution in [0.3, 0.4) is 0 Å². The maximum absolute atomic E-state index is 12.1. The van der Waals surface area contributed by atoms with Crippen LogP contribution in [0, 0.1) is 0 Å². The normalized spacial score (nSPS) is 21.9. The topological polar surface area (TPSA) is 87.6 Å². The number of aliphatic imine (C=N–C) groups is 1. The predicted octanol–water partition coefficient (Wildman–Crippen LogP) is 2.27. The zero-order valence-corrected chi connectivity index (χ0v) is 18.7. The number of rotatable bonds is 8. The summed E-state index contributed by atoms with van der Waals surface area (Å²) >= 11 is 0. The Morgan fingerprint density at radius 2 is 1.93 bits per heavy atom. The number of hydrogen-bond donors (Lipinski definition) is 2. The Hall–Kier alpha value is -1.41. The van der Waals surface area contributed by atoms with Crippen molar-refractivity contribution in [2.75, 3.05) is 25.1 Å². The van der Waals surface area contributed by atoms with Gasteiger partial charge in [0, 0.05) is 47.2 Å². The molecule has 1 aromatic carbocycles. The fourth-order valence-corrected chi connectivity index (χ4v) is 5.44. The van der Waals surface area contributed by atoms with Crippen LogP contribution in [0.25, 0.3) is 0 Å². The lowest BCUT2D eigenvalue weighted by molar-refractivity contribution is 0.413. The van der Waals surface area contributed by atoms with Crippen molar-refractivity contribution in [2.24, 2.45) is 4.99 Å². The Morgan fingerprint density at radius 1 is 1.21 bits per heavy atom. The largest absolute Gasteiger partial charge is 0.357 e. The van der Waals surface area contributed by atoms with E-state index in [1.165, 1.54) is 6.26 Å². The minimum absolute atomic E-state index is 0.285. The average Bonchev–Trinajstić information content (AvgIpc) is 2.67. The molecule has 0 heterocycles. The molecule has 1 aliphatic rings. The Balaban J connectivity index is 1.92. The van der Waals surface area contributed by atoms with Crippen LogP contribution in [-0.4, -0.2) is 55.0 Å². The van der Waals surface area contributed by atoms with Gasteiger partial charge in [-0.15, -0.1) is 0 Å². The number of benzene rings is 1. The zero-order chi connectivity index (χ0) is 20.6. The summed E-state index contributed by atoms with van der Waals surface area (Å²) in [5.74, 6) is 1.52. The van der Waals surface area contributed by atoms with E-state index in [0.717, 1.165) is 55.9 Å². The van der Waals surface area contributed by atoms with Crippen molar-refractivity contribution >= 4 is 26.6 Å². The van der Waals surface area contributed by atoms with E-state index < -0.39 is 20.6 Å². The van der Waals surface area contributed by atoms with Crippen molar-refractivity contribution in [3.63, 3.8) is 0 Å². The van der Waals surface area contributed by atoms with Crippen molar-refractivity contribution in [1.29, 1.82) is 0 Å². The van der Waals surface area contributed by atoms with Gasteiger partial charge in [-0.25, -0.2) is 8.42 Å². The standard InChI is InChI=1S/C20H33N3O3S2/c1-4-21-20(23-17-7-6-8-18(15-17)27(24)5-2)22-14-13-16-9-11-19(12-10-16)28(3,25)26/h9-12,17-18H,4-8,13-15H2,1-3H3,(H2,21,22,23). The fraction of sp³-hybridized carbons (Fsp3) is 0.650. The number of sulfone groups is 1. The molecule has 6 nitrogen and oxygen atoms in total. The average molecular weight is 428 g/mol. The van der Waals surface area contributed by atoms with Crippen LogP contribution in [0.15, 0.2) is 34.2 Å². The molecule has 2 N–H and O–H groups in total. The molecule has 1 saturated carbocycles. The molecule has 3 atom stereocenters. The molecule has 0 amide bonds.